The molecule has 0 bridgehead atoms. The number of hydrogen-bond donors (Lipinski definition) is 1. The van der Waals surface area contributed by atoms with E-state index in [1.165, 1.54) is 6.26 Å². The van der Waals surface area contributed by atoms with Crippen LogP contribution in [0.3, 0.4) is 0 Å². The first kappa shape index (κ1) is 15.0. The molecule has 0 saturated carbocycles. The predicted octanol–water partition coefficient (Wildman–Crippen LogP) is 2.43. The Hall–Kier alpha value is -2.57. The molecule has 6 nitrogen and oxygen atoms in total. The number of carbonyl (C=O) groups is 1. The molecule has 0 atom stereocenters. The van der Waals surface area contributed by atoms with Gasteiger partial charge in [0, 0.05) is 25.7 Å². The molecule has 0 unspecified atom stereocenters. The molecule has 2 aromatic rings. The van der Waals surface area contributed by atoms with Crippen molar-refractivity contribution in [2.75, 3.05) is 26.3 Å². The molecule has 1 fully saturated rings. The summed E-state index contributed by atoms with van der Waals surface area (Å²) < 4.78 is 16.4. The van der Waals surface area contributed by atoms with E-state index in [4.69, 9.17) is 13.9 Å². The minimum atomic E-state index is -0.204. The van der Waals surface area contributed by atoms with E-state index in [1.54, 1.807) is 30.3 Å². The fourth-order valence-electron chi connectivity index (χ4n) is 2.94. The fourth-order valence-corrected chi connectivity index (χ4v) is 2.94. The number of aromatic hydroxyl groups is 1. The predicted molar refractivity (Wildman–Crippen MR) is 85.8 cm³/mol. The molecule has 0 radical (unpaired) electrons. The number of fused-ring (bicyclic) bond motifs is 1. The molecule has 2 aliphatic rings. The number of hydrogen-bond acceptors (Lipinski definition) is 6. The number of rotatable bonds is 3. The summed E-state index contributed by atoms with van der Waals surface area (Å²) >= 11 is 0. The first-order valence-corrected chi connectivity index (χ1v) is 7.85. The van der Waals surface area contributed by atoms with Crippen molar-refractivity contribution in [1.82, 2.24) is 4.90 Å². The Morgan fingerprint density at radius 2 is 2.04 bits per heavy atom. The molecule has 2 aliphatic heterocycles. The molecular weight excluding hydrogens is 310 g/mol. The molecule has 3 heterocycles. The van der Waals surface area contributed by atoms with Crippen molar-refractivity contribution in [3.63, 3.8) is 0 Å². The highest BCUT2D eigenvalue weighted by atomic mass is 16.5. The van der Waals surface area contributed by atoms with Crippen LogP contribution in [0.1, 0.15) is 21.7 Å². The van der Waals surface area contributed by atoms with Gasteiger partial charge in [0.2, 0.25) is 5.78 Å². The summed E-state index contributed by atoms with van der Waals surface area (Å²) in [6, 6.07) is 6.64. The van der Waals surface area contributed by atoms with Crippen LogP contribution >= 0.6 is 0 Å². The van der Waals surface area contributed by atoms with E-state index in [9.17, 15) is 9.90 Å². The van der Waals surface area contributed by atoms with E-state index in [2.05, 4.69) is 4.90 Å². The molecule has 4 rings (SSSR count). The summed E-state index contributed by atoms with van der Waals surface area (Å²) in [4.78, 5) is 14.7. The van der Waals surface area contributed by atoms with E-state index in [0.29, 0.717) is 42.4 Å². The maximum Gasteiger partial charge on any atom is 0.232 e. The number of carbonyl (C=O) groups excluding carboxylic acids is 1. The standard InChI is InChI=1S/C18H17NO5/c20-15-4-3-13-17(21)16(10-12-2-1-7-23-12)24-18(13)14(15)11-19-5-8-22-9-6-19/h1-4,7,10,20H,5-6,8-9,11H2/b16-10+. The molecule has 124 valence electrons. The molecule has 1 aromatic carbocycles. The van der Waals surface area contributed by atoms with Crippen LogP contribution in [0.4, 0.5) is 0 Å². The van der Waals surface area contributed by atoms with Gasteiger partial charge in [-0.15, -0.1) is 0 Å². The monoisotopic (exact) mass is 327 g/mol. The Labute approximate surface area is 138 Å². The van der Waals surface area contributed by atoms with Gasteiger partial charge >= 0.3 is 0 Å². The van der Waals surface area contributed by atoms with Crippen molar-refractivity contribution in [3.8, 4) is 11.5 Å². The van der Waals surface area contributed by atoms with Crippen molar-refractivity contribution >= 4 is 11.9 Å². The Bertz CT molecular complexity index is 788. The summed E-state index contributed by atoms with van der Waals surface area (Å²) in [5, 5.41) is 10.2. The van der Waals surface area contributed by atoms with Gasteiger partial charge in [-0.1, -0.05) is 0 Å². The Morgan fingerprint density at radius 1 is 1.21 bits per heavy atom. The highest BCUT2D eigenvalue weighted by Gasteiger charge is 2.32. The van der Waals surface area contributed by atoms with Gasteiger partial charge in [-0.05, 0) is 24.3 Å². The number of ketones is 1. The summed E-state index contributed by atoms with van der Waals surface area (Å²) in [5.41, 5.74) is 1.10. The van der Waals surface area contributed by atoms with Crippen LogP contribution in [0.2, 0.25) is 0 Å². The molecule has 0 spiro atoms. The molecule has 1 aromatic heterocycles. The Balaban J connectivity index is 1.66. The highest BCUT2D eigenvalue weighted by molar-refractivity contribution is 6.14. The van der Waals surface area contributed by atoms with Gasteiger partial charge in [0.1, 0.15) is 17.3 Å². The second-order valence-corrected chi connectivity index (χ2v) is 5.78. The molecule has 6 heteroatoms. The third kappa shape index (κ3) is 2.70. The van der Waals surface area contributed by atoms with Crippen molar-refractivity contribution in [1.29, 1.82) is 0 Å². The zero-order valence-electron chi connectivity index (χ0n) is 13.0. The van der Waals surface area contributed by atoms with Gasteiger partial charge in [-0.2, -0.15) is 0 Å². The average molecular weight is 327 g/mol. The van der Waals surface area contributed by atoms with Gasteiger partial charge in [0.15, 0.2) is 5.76 Å². The van der Waals surface area contributed by atoms with Gasteiger partial charge in [-0.3, -0.25) is 9.69 Å². The largest absolute Gasteiger partial charge is 0.507 e. The lowest BCUT2D eigenvalue weighted by Crippen LogP contribution is -2.35. The number of nitrogens with zero attached hydrogens (tertiary/aromatic N) is 1. The zero-order valence-corrected chi connectivity index (χ0v) is 13.0. The molecular formula is C18H17NO5. The molecule has 1 saturated heterocycles. The summed E-state index contributed by atoms with van der Waals surface area (Å²) in [6.07, 6.45) is 3.10. The Kier molecular flexibility index (Phi) is 3.84. The first-order chi connectivity index (χ1) is 11.7. The lowest BCUT2D eigenvalue weighted by atomic mass is 10.0. The van der Waals surface area contributed by atoms with Crippen LogP contribution in [-0.2, 0) is 11.3 Å². The van der Waals surface area contributed by atoms with E-state index in [0.717, 1.165) is 13.1 Å². The average Bonchev–Trinajstić information content (AvgIpc) is 3.21. The van der Waals surface area contributed by atoms with Crippen LogP contribution < -0.4 is 4.74 Å². The normalized spacial score (nSPS) is 19.5. The second-order valence-electron chi connectivity index (χ2n) is 5.78. The number of furan rings is 1. The highest BCUT2D eigenvalue weighted by Crippen LogP contribution is 2.40. The van der Waals surface area contributed by atoms with Crippen molar-refractivity contribution < 1.29 is 23.8 Å². The van der Waals surface area contributed by atoms with Gasteiger partial charge in [-0.25, -0.2) is 0 Å². The smallest absolute Gasteiger partial charge is 0.232 e. The van der Waals surface area contributed by atoms with Crippen LogP contribution in [0.15, 0.2) is 40.7 Å². The third-order valence-corrected chi connectivity index (χ3v) is 4.22. The van der Waals surface area contributed by atoms with Crippen molar-refractivity contribution in [2.45, 2.75) is 6.54 Å². The van der Waals surface area contributed by atoms with Crippen molar-refractivity contribution in [2.24, 2.45) is 0 Å². The first-order valence-electron chi connectivity index (χ1n) is 7.85. The number of Topliss-reactive ketones (excluding diaryl/α,β-unsaturated/α-hetero) is 1. The topological polar surface area (TPSA) is 72.1 Å². The minimum Gasteiger partial charge on any atom is -0.507 e. The summed E-state index contributed by atoms with van der Waals surface area (Å²) in [7, 11) is 0. The second kappa shape index (κ2) is 6.14. The number of phenolic OH excluding ortho intramolecular Hbond substituents is 1. The minimum absolute atomic E-state index is 0.132. The lowest BCUT2D eigenvalue weighted by molar-refractivity contribution is 0.0336. The number of phenols is 1. The van der Waals surface area contributed by atoms with Gasteiger partial charge < -0.3 is 19.0 Å². The van der Waals surface area contributed by atoms with Crippen LogP contribution in [-0.4, -0.2) is 42.1 Å². The van der Waals surface area contributed by atoms with E-state index < -0.39 is 0 Å². The molecule has 24 heavy (non-hydrogen) atoms. The SMILES string of the molecule is O=C1/C(=C\c2ccco2)Oc2c1ccc(O)c2CN1CCOCC1. The molecule has 0 aliphatic carbocycles. The van der Waals surface area contributed by atoms with Crippen LogP contribution in [0.25, 0.3) is 6.08 Å². The maximum atomic E-state index is 12.5. The van der Waals surface area contributed by atoms with E-state index >= 15 is 0 Å². The van der Waals surface area contributed by atoms with Crippen LogP contribution in [0.5, 0.6) is 11.5 Å². The molecule has 0 amide bonds. The zero-order chi connectivity index (χ0) is 16.5. The van der Waals surface area contributed by atoms with Gasteiger partial charge in [0.25, 0.3) is 0 Å². The lowest BCUT2D eigenvalue weighted by Gasteiger charge is -2.27. The number of morpholine rings is 1. The Morgan fingerprint density at radius 3 is 2.79 bits per heavy atom. The maximum absolute atomic E-state index is 12.5. The summed E-state index contributed by atoms with van der Waals surface area (Å²) in [6.45, 7) is 3.41. The number of ether oxygens (including phenoxy) is 2. The fraction of sp³-hybridized carbons (Fsp3) is 0.278. The van der Waals surface area contributed by atoms with Crippen molar-refractivity contribution in [3.05, 3.63) is 53.2 Å². The van der Waals surface area contributed by atoms with E-state index in [-0.39, 0.29) is 17.3 Å². The third-order valence-electron chi connectivity index (χ3n) is 4.22. The summed E-state index contributed by atoms with van der Waals surface area (Å²) in [5.74, 6) is 1.11. The number of benzene rings is 1. The quantitative estimate of drug-likeness (QED) is 0.873. The van der Waals surface area contributed by atoms with Gasteiger partial charge in [0.05, 0.1) is 30.6 Å². The van der Waals surface area contributed by atoms with Crippen LogP contribution in [0, 0.1) is 0 Å². The number of allylic oxidation sites excluding steroid dienone is 1. The van der Waals surface area contributed by atoms with E-state index in [1.807, 2.05) is 0 Å². The molecule has 1 N–H and O–H groups in total.